The topological polar surface area (TPSA) is 96.8 Å². The summed E-state index contributed by atoms with van der Waals surface area (Å²) in [5.41, 5.74) is 9.45. The van der Waals surface area contributed by atoms with Crippen molar-refractivity contribution in [3.63, 3.8) is 0 Å². The van der Waals surface area contributed by atoms with Crippen LogP contribution in [0.25, 0.3) is 5.65 Å². The maximum absolute atomic E-state index is 12.7. The van der Waals surface area contributed by atoms with Gasteiger partial charge in [0.15, 0.2) is 5.11 Å². The first-order valence-corrected chi connectivity index (χ1v) is 7.72. The number of fused-ring (bicyclic) bond motifs is 1. The second kappa shape index (κ2) is 7.19. The standard InChI is InChI=1S/C15H20N6OS/c1-4-10(3)18-12-11(8-17-20-15(16)23)14(22)21-7-5-6-9(2)13(21)19-12/h5-8,10,18H,4H2,1-3H3,(H3,16,20,23)/b17-8+/t10-/m0/s1. The van der Waals surface area contributed by atoms with Crippen molar-refractivity contribution in [2.45, 2.75) is 33.2 Å². The van der Waals surface area contributed by atoms with Crippen LogP contribution in [0.3, 0.4) is 0 Å². The van der Waals surface area contributed by atoms with Crippen LogP contribution >= 0.6 is 12.2 Å². The van der Waals surface area contributed by atoms with Crippen molar-refractivity contribution < 1.29 is 0 Å². The van der Waals surface area contributed by atoms with Gasteiger partial charge < -0.3 is 11.1 Å². The normalized spacial score (nSPS) is 12.5. The van der Waals surface area contributed by atoms with Crippen LogP contribution in [-0.2, 0) is 0 Å². The molecule has 0 saturated carbocycles. The van der Waals surface area contributed by atoms with Gasteiger partial charge >= 0.3 is 0 Å². The summed E-state index contributed by atoms with van der Waals surface area (Å²) in [6.07, 6.45) is 3.97. The minimum Gasteiger partial charge on any atom is -0.375 e. The molecule has 4 N–H and O–H groups in total. The van der Waals surface area contributed by atoms with E-state index in [9.17, 15) is 4.79 Å². The zero-order valence-corrected chi connectivity index (χ0v) is 14.1. The molecule has 23 heavy (non-hydrogen) atoms. The SMILES string of the molecule is CC[C@H](C)Nc1nc2c(C)cccn2c(=O)c1/C=N/NC(N)=S. The van der Waals surface area contributed by atoms with E-state index in [-0.39, 0.29) is 16.7 Å². The highest BCUT2D eigenvalue weighted by Crippen LogP contribution is 2.13. The van der Waals surface area contributed by atoms with E-state index >= 15 is 0 Å². The summed E-state index contributed by atoms with van der Waals surface area (Å²) in [6, 6.07) is 3.89. The summed E-state index contributed by atoms with van der Waals surface area (Å²) in [6.45, 7) is 5.99. The van der Waals surface area contributed by atoms with Crippen molar-refractivity contribution >= 4 is 35.0 Å². The Bertz CT molecular complexity index is 813. The highest BCUT2D eigenvalue weighted by Gasteiger charge is 2.13. The fourth-order valence-corrected chi connectivity index (χ4v) is 2.09. The molecule has 0 aliphatic carbocycles. The molecule has 0 saturated heterocycles. The van der Waals surface area contributed by atoms with Crippen LogP contribution in [0, 0.1) is 6.92 Å². The van der Waals surface area contributed by atoms with Gasteiger partial charge in [-0.15, -0.1) is 0 Å². The van der Waals surface area contributed by atoms with Crippen LogP contribution in [-0.4, -0.2) is 26.8 Å². The molecule has 2 aromatic heterocycles. The largest absolute Gasteiger partial charge is 0.375 e. The van der Waals surface area contributed by atoms with Gasteiger partial charge in [-0.1, -0.05) is 13.0 Å². The Hall–Kier alpha value is -2.48. The number of aryl methyl sites for hydroxylation is 1. The summed E-state index contributed by atoms with van der Waals surface area (Å²) in [5, 5.41) is 7.17. The molecule has 2 aromatic rings. The molecule has 0 unspecified atom stereocenters. The first-order valence-electron chi connectivity index (χ1n) is 7.31. The Morgan fingerprint density at radius 2 is 2.35 bits per heavy atom. The number of hydrogen-bond donors (Lipinski definition) is 3. The molecule has 8 heteroatoms. The monoisotopic (exact) mass is 332 g/mol. The van der Waals surface area contributed by atoms with Gasteiger partial charge in [0.05, 0.1) is 6.21 Å². The number of nitrogens with two attached hydrogens (primary N) is 1. The van der Waals surface area contributed by atoms with E-state index in [2.05, 4.69) is 27.8 Å². The fourth-order valence-electron chi connectivity index (χ4n) is 2.03. The maximum atomic E-state index is 12.7. The number of anilines is 1. The van der Waals surface area contributed by atoms with Gasteiger partial charge in [0, 0.05) is 12.2 Å². The summed E-state index contributed by atoms with van der Waals surface area (Å²) in [4.78, 5) is 17.3. The lowest BCUT2D eigenvalue weighted by atomic mass is 10.2. The number of rotatable bonds is 5. The number of nitrogens with one attached hydrogen (secondary N) is 2. The molecule has 0 fully saturated rings. The minimum atomic E-state index is -0.210. The third-order valence-corrected chi connectivity index (χ3v) is 3.54. The fraction of sp³-hybridized carbons (Fsp3) is 0.333. The zero-order valence-electron chi connectivity index (χ0n) is 13.3. The van der Waals surface area contributed by atoms with Crippen molar-refractivity contribution in [3.8, 4) is 0 Å². The molecule has 7 nitrogen and oxygen atoms in total. The van der Waals surface area contributed by atoms with Crippen molar-refractivity contribution in [2.75, 3.05) is 5.32 Å². The predicted octanol–water partition coefficient (Wildman–Crippen LogP) is 1.38. The molecule has 0 aromatic carbocycles. The van der Waals surface area contributed by atoms with Crippen LogP contribution < -0.4 is 22.0 Å². The lowest BCUT2D eigenvalue weighted by molar-refractivity contribution is 0.758. The Labute approximate surface area is 139 Å². The lowest BCUT2D eigenvalue weighted by Gasteiger charge is -2.15. The van der Waals surface area contributed by atoms with E-state index in [0.29, 0.717) is 17.0 Å². The van der Waals surface area contributed by atoms with E-state index in [0.717, 1.165) is 12.0 Å². The number of thiocarbonyl (C=S) groups is 1. The first kappa shape index (κ1) is 16.9. The molecular weight excluding hydrogens is 312 g/mol. The summed E-state index contributed by atoms with van der Waals surface area (Å²) < 4.78 is 1.50. The van der Waals surface area contributed by atoms with E-state index in [4.69, 9.17) is 18.0 Å². The van der Waals surface area contributed by atoms with Gasteiger partial charge in [-0.25, -0.2) is 4.98 Å². The molecule has 2 heterocycles. The van der Waals surface area contributed by atoms with Crippen molar-refractivity contribution in [1.29, 1.82) is 0 Å². The van der Waals surface area contributed by atoms with Gasteiger partial charge in [-0.05, 0) is 44.1 Å². The molecule has 122 valence electrons. The van der Waals surface area contributed by atoms with Gasteiger partial charge in [0.1, 0.15) is 17.0 Å². The molecule has 0 aliphatic heterocycles. The van der Waals surface area contributed by atoms with E-state index in [1.807, 2.05) is 19.9 Å². The number of aromatic nitrogens is 2. The van der Waals surface area contributed by atoms with Gasteiger partial charge in [-0.3, -0.25) is 14.6 Å². The number of hydrogen-bond acceptors (Lipinski definition) is 5. The molecule has 0 aliphatic rings. The molecule has 0 radical (unpaired) electrons. The summed E-state index contributed by atoms with van der Waals surface area (Å²) in [7, 11) is 0. The van der Waals surface area contributed by atoms with Gasteiger partial charge in [0.2, 0.25) is 0 Å². The summed E-state index contributed by atoms with van der Waals surface area (Å²) >= 11 is 4.70. The Morgan fingerprint density at radius 1 is 1.61 bits per heavy atom. The highest BCUT2D eigenvalue weighted by atomic mass is 32.1. The first-order chi connectivity index (χ1) is 10.9. The molecule has 0 spiro atoms. The average molecular weight is 332 g/mol. The van der Waals surface area contributed by atoms with E-state index in [1.165, 1.54) is 10.6 Å². The molecule has 2 rings (SSSR count). The molecule has 0 bridgehead atoms. The quantitative estimate of drug-likeness (QED) is 0.435. The average Bonchev–Trinajstić information content (AvgIpc) is 2.51. The lowest BCUT2D eigenvalue weighted by Crippen LogP contribution is -2.27. The molecule has 0 amide bonds. The minimum absolute atomic E-state index is 0.0300. The number of hydrazone groups is 1. The third kappa shape index (κ3) is 3.84. The maximum Gasteiger partial charge on any atom is 0.268 e. The molecular formula is C15H20N6OS. The Morgan fingerprint density at radius 3 is 3.00 bits per heavy atom. The van der Waals surface area contributed by atoms with Crippen molar-refractivity contribution in [2.24, 2.45) is 10.8 Å². The van der Waals surface area contributed by atoms with Crippen LogP contribution in [0.4, 0.5) is 5.82 Å². The van der Waals surface area contributed by atoms with Crippen LogP contribution in [0.5, 0.6) is 0 Å². The van der Waals surface area contributed by atoms with Crippen LogP contribution in [0.1, 0.15) is 31.4 Å². The van der Waals surface area contributed by atoms with Gasteiger partial charge in [-0.2, -0.15) is 5.10 Å². The van der Waals surface area contributed by atoms with E-state index in [1.54, 1.807) is 12.3 Å². The van der Waals surface area contributed by atoms with E-state index < -0.39 is 0 Å². The van der Waals surface area contributed by atoms with Crippen molar-refractivity contribution in [3.05, 3.63) is 39.8 Å². The second-order valence-electron chi connectivity index (χ2n) is 5.25. The number of nitrogens with zero attached hydrogens (tertiary/aromatic N) is 3. The van der Waals surface area contributed by atoms with Crippen LogP contribution in [0.15, 0.2) is 28.2 Å². The predicted molar refractivity (Wildman–Crippen MR) is 97.1 cm³/mol. The smallest absolute Gasteiger partial charge is 0.268 e. The van der Waals surface area contributed by atoms with Crippen molar-refractivity contribution in [1.82, 2.24) is 14.8 Å². The Balaban J connectivity index is 2.62. The molecule has 1 atom stereocenters. The summed E-state index contributed by atoms with van der Waals surface area (Å²) in [5.74, 6) is 0.493. The second-order valence-corrected chi connectivity index (χ2v) is 5.69. The third-order valence-electron chi connectivity index (χ3n) is 3.45. The Kier molecular flexibility index (Phi) is 5.28. The highest BCUT2D eigenvalue weighted by molar-refractivity contribution is 7.80. The number of pyridine rings is 1. The zero-order chi connectivity index (χ0) is 17.0. The van der Waals surface area contributed by atoms with Crippen LogP contribution in [0.2, 0.25) is 0 Å². The van der Waals surface area contributed by atoms with Gasteiger partial charge in [0.25, 0.3) is 5.56 Å².